The van der Waals surface area contributed by atoms with Crippen molar-refractivity contribution >= 4 is 5.91 Å². The maximum absolute atomic E-state index is 12.6. The van der Waals surface area contributed by atoms with Crippen molar-refractivity contribution in [3.8, 4) is 11.5 Å². The molecular formula is C24H32N4O3. The fourth-order valence-corrected chi connectivity index (χ4v) is 4.49. The smallest absolute Gasteiger partial charge is 0.224 e. The number of carbonyl (C=O) groups is 1. The highest BCUT2D eigenvalue weighted by molar-refractivity contribution is 5.79. The van der Waals surface area contributed by atoms with Gasteiger partial charge in [-0.3, -0.25) is 9.69 Å². The molecule has 31 heavy (non-hydrogen) atoms. The van der Waals surface area contributed by atoms with Crippen LogP contribution in [0.4, 0.5) is 0 Å². The number of carbonyl (C=O) groups excluding carboxylic acids is 1. The van der Waals surface area contributed by atoms with E-state index in [2.05, 4.69) is 45.3 Å². The van der Waals surface area contributed by atoms with E-state index in [1.165, 1.54) is 5.56 Å². The van der Waals surface area contributed by atoms with Gasteiger partial charge in [-0.1, -0.05) is 36.4 Å². The SMILES string of the molecule is COc1ccc(CC(=O)NC2CCN(C3CC(c4ccccc4)NN3)CC2)cc1OC. The molecule has 2 aliphatic heterocycles. The molecule has 2 unspecified atom stereocenters. The Labute approximate surface area is 184 Å². The van der Waals surface area contributed by atoms with Crippen LogP contribution in [0.3, 0.4) is 0 Å². The third kappa shape index (κ3) is 5.36. The second-order valence-corrected chi connectivity index (χ2v) is 8.25. The number of hydrogen-bond acceptors (Lipinski definition) is 6. The summed E-state index contributed by atoms with van der Waals surface area (Å²) in [7, 11) is 3.21. The van der Waals surface area contributed by atoms with Crippen molar-refractivity contribution in [2.45, 2.75) is 43.9 Å². The van der Waals surface area contributed by atoms with Crippen LogP contribution in [0.1, 0.15) is 36.4 Å². The Bertz CT molecular complexity index is 868. The molecule has 166 valence electrons. The Morgan fingerprint density at radius 1 is 1.03 bits per heavy atom. The molecule has 0 spiro atoms. The van der Waals surface area contributed by atoms with Crippen molar-refractivity contribution in [2.24, 2.45) is 0 Å². The van der Waals surface area contributed by atoms with Crippen molar-refractivity contribution in [2.75, 3.05) is 27.3 Å². The van der Waals surface area contributed by atoms with Crippen LogP contribution >= 0.6 is 0 Å². The molecule has 0 aliphatic carbocycles. The average molecular weight is 425 g/mol. The van der Waals surface area contributed by atoms with Gasteiger partial charge in [-0.05, 0) is 42.5 Å². The number of nitrogens with zero attached hydrogens (tertiary/aromatic N) is 1. The molecule has 4 rings (SSSR count). The molecule has 0 radical (unpaired) electrons. The predicted octanol–water partition coefficient (Wildman–Crippen LogP) is 2.39. The molecule has 2 aliphatic rings. The van der Waals surface area contributed by atoms with Gasteiger partial charge in [0, 0.05) is 25.2 Å². The second kappa shape index (κ2) is 10.1. The molecule has 2 saturated heterocycles. The van der Waals surface area contributed by atoms with Gasteiger partial charge in [-0.25, -0.2) is 10.9 Å². The molecule has 7 nitrogen and oxygen atoms in total. The van der Waals surface area contributed by atoms with Crippen molar-refractivity contribution < 1.29 is 14.3 Å². The molecule has 0 aromatic heterocycles. The van der Waals surface area contributed by atoms with Crippen molar-refractivity contribution in [3.05, 3.63) is 59.7 Å². The van der Waals surface area contributed by atoms with Crippen LogP contribution in [0.2, 0.25) is 0 Å². The van der Waals surface area contributed by atoms with Gasteiger partial charge in [0.05, 0.1) is 26.8 Å². The number of amides is 1. The summed E-state index contributed by atoms with van der Waals surface area (Å²) in [6.45, 7) is 1.95. The quantitative estimate of drug-likeness (QED) is 0.634. The van der Waals surface area contributed by atoms with Crippen LogP contribution in [-0.4, -0.2) is 50.3 Å². The van der Waals surface area contributed by atoms with Crippen molar-refractivity contribution in [1.82, 2.24) is 21.1 Å². The molecule has 2 atom stereocenters. The predicted molar refractivity (Wildman–Crippen MR) is 120 cm³/mol. The lowest BCUT2D eigenvalue weighted by molar-refractivity contribution is -0.121. The van der Waals surface area contributed by atoms with E-state index < -0.39 is 0 Å². The molecule has 0 saturated carbocycles. The summed E-state index contributed by atoms with van der Waals surface area (Å²) in [6.07, 6.45) is 3.64. The van der Waals surface area contributed by atoms with Crippen molar-refractivity contribution in [3.63, 3.8) is 0 Å². The number of piperidine rings is 1. The van der Waals surface area contributed by atoms with E-state index in [-0.39, 0.29) is 11.9 Å². The Balaban J connectivity index is 1.23. The first kappa shape index (κ1) is 21.6. The molecular weight excluding hydrogens is 392 g/mol. The van der Waals surface area contributed by atoms with E-state index in [4.69, 9.17) is 9.47 Å². The van der Waals surface area contributed by atoms with E-state index in [0.717, 1.165) is 37.9 Å². The van der Waals surface area contributed by atoms with Crippen LogP contribution in [0.5, 0.6) is 11.5 Å². The molecule has 1 amide bonds. The number of hydrogen-bond donors (Lipinski definition) is 3. The van der Waals surface area contributed by atoms with Crippen LogP contribution in [0.15, 0.2) is 48.5 Å². The number of methoxy groups -OCH3 is 2. The van der Waals surface area contributed by atoms with Gasteiger partial charge in [-0.15, -0.1) is 0 Å². The first-order chi connectivity index (χ1) is 15.2. The monoisotopic (exact) mass is 424 g/mol. The largest absolute Gasteiger partial charge is 0.493 e. The van der Waals surface area contributed by atoms with Crippen LogP contribution in [-0.2, 0) is 11.2 Å². The highest BCUT2D eigenvalue weighted by Crippen LogP contribution is 2.28. The van der Waals surface area contributed by atoms with Gasteiger partial charge >= 0.3 is 0 Å². The van der Waals surface area contributed by atoms with Gasteiger partial charge < -0.3 is 14.8 Å². The molecule has 3 N–H and O–H groups in total. The molecule has 2 aromatic carbocycles. The standard InChI is InChI=1S/C24H32N4O3/c1-30-21-9-8-17(14-22(21)31-2)15-24(29)25-19-10-12-28(13-11-19)23-16-20(26-27-23)18-6-4-3-5-7-18/h3-9,14,19-20,23,26-27H,10-13,15-16H2,1-2H3,(H,25,29). The summed E-state index contributed by atoms with van der Waals surface area (Å²) in [5.41, 5.74) is 9.11. The van der Waals surface area contributed by atoms with E-state index in [0.29, 0.717) is 30.1 Å². The minimum absolute atomic E-state index is 0.0514. The summed E-state index contributed by atoms with van der Waals surface area (Å²) in [6, 6.07) is 16.7. The van der Waals surface area contributed by atoms with Crippen LogP contribution in [0.25, 0.3) is 0 Å². The summed E-state index contributed by atoms with van der Waals surface area (Å²) in [5, 5.41) is 3.21. The molecule has 0 bridgehead atoms. The third-order valence-corrected chi connectivity index (χ3v) is 6.23. The third-order valence-electron chi connectivity index (χ3n) is 6.23. The Morgan fingerprint density at radius 3 is 2.48 bits per heavy atom. The lowest BCUT2D eigenvalue weighted by Crippen LogP contribution is -2.51. The number of benzene rings is 2. The van der Waals surface area contributed by atoms with Crippen LogP contribution in [0, 0.1) is 0 Å². The minimum atomic E-state index is 0.0514. The Kier molecular flexibility index (Phi) is 7.06. The second-order valence-electron chi connectivity index (χ2n) is 8.25. The van der Waals surface area contributed by atoms with Gasteiger partial charge in [0.1, 0.15) is 0 Å². The number of ether oxygens (including phenoxy) is 2. The van der Waals surface area contributed by atoms with Crippen LogP contribution < -0.4 is 25.6 Å². The zero-order valence-corrected chi connectivity index (χ0v) is 18.3. The van der Waals surface area contributed by atoms with Gasteiger partial charge in [0.2, 0.25) is 5.91 Å². The van der Waals surface area contributed by atoms with E-state index in [9.17, 15) is 4.79 Å². The number of likely N-dealkylation sites (tertiary alicyclic amines) is 1. The zero-order valence-electron chi connectivity index (χ0n) is 18.3. The van der Waals surface area contributed by atoms with Gasteiger partial charge in [0.15, 0.2) is 11.5 Å². The van der Waals surface area contributed by atoms with E-state index in [1.807, 2.05) is 24.3 Å². The average Bonchev–Trinajstić information content (AvgIpc) is 3.30. The first-order valence-electron chi connectivity index (χ1n) is 11.0. The summed E-state index contributed by atoms with van der Waals surface area (Å²) in [5.74, 6) is 1.37. The highest BCUT2D eigenvalue weighted by atomic mass is 16.5. The van der Waals surface area contributed by atoms with E-state index >= 15 is 0 Å². The van der Waals surface area contributed by atoms with Gasteiger partial charge in [-0.2, -0.15) is 0 Å². The normalized spacial score (nSPS) is 22.3. The number of nitrogens with one attached hydrogen (secondary N) is 3. The Morgan fingerprint density at radius 2 is 1.77 bits per heavy atom. The summed E-state index contributed by atoms with van der Waals surface area (Å²) in [4.78, 5) is 15.0. The molecule has 7 heteroatoms. The number of hydrazine groups is 1. The van der Waals surface area contributed by atoms with E-state index in [1.54, 1.807) is 14.2 Å². The molecule has 2 heterocycles. The minimum Gasteiger partial charge on any atom is -0.493 e. The fourth-order valence-electron chi connectivity index (χ4n) is 4.49. The van der Waals surface area contributed by atoms with Gasteiger partial charge in [0.25, 0.3) is 0 Å². The van der Waals surface area contributed by atoms with Crippen molar-refractivity contribution in [1.29, 1.82) is 0 Å². The lowest BCUT2D eigenvalue weighted by Gasteiger charge is -2.35. The highest BCUT2D eigenvalue weighted by Gasteiger charge is 2.32. The summed E-state index contributed by atoms with van der Waals surface area (Å²) >= 11 is 0. The molecule has 2 fully saturated rings. The zero-order chi connectivity index (χ0) is 21.6. The first-order valence-corrected chi connectivity index (χ1v) is 11.0. The lowest BCUT2D eigenvalue weighted by atomic mass is 10.0. The maximum Gasteiger partial charge on any atom is 0.224 e. The number of rotatable bonds is 7. The maximum atomic E-state index is 12.6. The fraction of sp³-hybridized carbons (Fsp3) is 0.458. The summed E-state index contributed by atoms with van der Waals surface area (Å²) < 4.78 is 10.6. The molecule has 2 aromatic rings. The Hall–Kier alpha value is -2.61. The topological polar surface area (TPSA) is 74.9 Å².